The molecule has 0 aliphatic carbocycles. The van der Waals surface area contributed by atoms with E-state index in [2.05, 4.69) is 19.2 Å². The number of carbonyl (C=O) groups is 1. The zero-order valence-corrected chi connectivity index (χ0v) is 12.2. The van der Waals surface area contributed by atoms with Gasteiger partial charge in [0, 0.05) is 11.6 Å². The Labute approximate surface area is 115 Å². The highest BCUT2D eigenvalue weighted by Crippen LogP contribution is 2.23. The number of anilines is 1. The van der Waals surface area contributed by atoms with E-state index in [0.29, 0.717) is 29.5 Å². The summed E-state index contributed by atoms with van der Waals surface area (Å²) in [6, 6.07) is 5.23. The molecule has 1 rings (SSSR count). The van der Waals surface area contributed by atoms with Crippen molar-refractivity contribution in [1.82, 2.24) is 5.32 Å². The molecule has 4 nitrogen and oxygen atoms in total. The third kappa shape index (κ3) is 5.20. The Morgan fingerprint density at radius 3 is 2.58 bits per heavy atom. The number of amides is 1. The topological polar surface area (TPSA) is 64.3 Å². The van der Waals surface area contributed by atoms with Gasteiger partial charge in [-0.25, -0.2) is 0 Å². The summed E-state index contributed by atoms with van der Waals surface area (Å²) < 4.78 is 5.64. The van der Waals surface area contributed by atoms with Crippen LogP contribution in [0.5, 0.6) is 5.75 Å². The Bertz CT molecular complexity index is 428. The molecule has 0 saturated carbocycles. The number of nitrogens with two attached hydrogens (primary N) is 1. The molecule has 0 atom stereocenters. The van der Waals surface area contributed by atoms with Gasteiger partial charge in [-0.15, -0.1) is 0 Å². The Morgan fingerprint density at radius 1 is 1.32 bits per heavy atom. The van der Waals surface area contributed by atoms with Crippen molar-refractivity contribution in [3.05, 3.63) is 23.8 Å². The van der Waals surface area contributed by atoms with Gasteiger partial charge in [-0.3, -0.25) is 4.79 Å². The van der Waals surface area contributed by atoms with E-state index in [1.54, 1.807) is 18.2 Å². The van der Waals surface area contributed by atoms with Crippen molar-refractivity contribution >= 4 is 11.6 Å². The van der Waals surface area contributed by atoms with Crippen LogP contribution in [0.15, 0.2) is 18.2 Å². The normalized spacial score (nSPS) is 10.8. The van der Waals surface area contributed by atoms with E-state index < -0.39 is 0 Å². The van der Waals surface area contributed by atoms with Crippen LogP contribution in [-0.2, 0) is 0 Å². The first-order chi connectivity index (χ1) is 8.90. The predicted molar refractivity (Wildman–Crippen MR) is 78.4 cm³/mol. The second-order valence-corrected chi connectivity index (χ2v) is 5.41. The molecule has 1 aromatic rings. The van der Waals surface area contributed by atoms with Gasteiger partial charge in [-0.05, 0) is 44.4 Å². The Morgan fingerprint density at radius 2 is 2.00 bits per heavy atom. The van der Waals surface area contributed by atoms with Gasteiger partial charge in [0.2, 0.25) is 0 Å². The van der Waals surface area contributed by atoms with Crippen LogP contribution in [0.25, 0.3) is 0 Å². The number of nitrogen functional groups attached to an aromatic ring is 1. The molecule has 0 aliphatic rings. The lowest BCUT2D eigenvalue weighted by Gasteiger charge is -2.13. The summed E-state index contributed by atoms with van der Waals surface area (Å²) in [5.74, 6) is 1.05. The average molecular weight is 264 g/mol. The van der Waals surface area contributed by atoms with Crippen molar-refractivity contribution in [1.29, 1.82) is 0 Å². The van der Waals surface area contributed by atoms with Crippen LogP contribution >= 0.6 is 0 Å². The second-order valence-electron chi connectivity index (χ2n) is 5.41. The monoisotopic (exact) mass is 264 g/mol. The van der Waals surface area contributed by atoms with E-state index >= 15 is 0 Å². The third-order valence-corrected chi connectivity index (χ3v) is 2.65. The number of hydrogen-bond donors (Lipinski definition) is 2. The molecule has 0 bridgehead atoms. The molecule has 3 N–H and O–H groups in total. The summed E-state index contributed by atoms with van der Waals surface area (Å²) in [7, 11) is 0. The van der Waals surface area contributed by atoms with Crippen LogP contribution in [0.4, 0.5) is 5.69 Å². The first kappa shape index (κ1) is 15.3. The molecule has 0 aromatic heterocycles. The summed E-state index contributed by atoms with van der Waals surface area (Å²) in [4.78, 5) is 11.9. The molecule has 4 heteroatoms. The van der Waals surface area contributed by atoms with Crippen molar-refractivity contribution in [2.24, 2.45) is 5.92 Å². The first-order valence-corrected chi connectivity index (χ1v) is 6.73. The van der Waals surface area contributed by atoms with Crippen molar-refractivity contribution in [2.75, 3.05) is 12.3 Å². The van der Waals surface area contributed by atoms with Gasteiger partial charge in [-0.2, -0.15) is 0 Å². The zero-order valence-electron chi connectivity index (χ0n) is 12.2. The standard InChI is InChI=1S/C15H24N2O2/c1-10(2)7-8-19-14-9-12(5-6-13(14)16)15(18)17-11(3)4/h5-6,9-11H,7-8,16H2,1-4H3,(H,17,18). The highest BCUT2D eigenvalue weighted by molar-refractivity contribution is 5.95. The Balaban J connectivity index is 2.73. The lowest BCUT2D eigenvalue weighted by Crippen LogP contribution is -2.30. The van der Waals surface area contributed by atoms with E-state index in [1.165, 1.54) is 0 Å². The zero-order chi connectivity index (χ0) is 14.4. The number of nitrogens with one attached hydrogen (secondary N) is 1. The quantitative estimate of drug-likeness (QED) is 0.776. The molecule has 0 fully saturated rings. The number of ether oxygens (including phenoxy) is 1. The van der Waals surface area contributed by atoms with Gasteiger partial charge in [0.05, 0.1) is 12.3 Å². The fourth-order valence-corrected chi connectivity index (χ4v) is 1.55. The maximum atomic E-state index is 11.9. The minimum atomic E-state index is -0.108. The van der Waals surface area contributed by atoms with Gasteiger partial charge in [0.1, 0.15) is 5.75 Å². The number of rotatable bonds is 6. The van der Waals surface area contributed by atoms with Crippen LogP contribution in [-0.4, -0.2) is 18.6 Å². The van der Waals surface area contributed by atoms with Gasteiger partial charge in [0.15, 0.2) is 0 Å². The molecule has 0 heterocycles. The predicted octanol–water partition coefficient (Wildman–Crippen LogP) is 2.83. The van der Waals surface area contributed by atoms with Crippen molar-refractivity contribution in [3.63, 3.8) is 0 Å². The van der Waals surface area contributed by atoms with Crippen molar-refractivity contribution in [3.8, 4) is 5.75 Å². The molecule has 0 unspecified atom stereocenters. The van der Waals surface area contributed by atoms with E-state index in [0.717, 1.165) is 6.42 Å². The largest absolute Gasteiger partial charge is 0.491 e. The number of benzene rings is 1. The van der Waals surface area contributed by atoms with Gasteiger partial charge in [-0.1, -0.05) is 13.8 Å². The Hall–Kier alpha value is -1.71. The molecule has 19 heavy (non-hydrogen) atoms. The highest BCUT2D eigenvalue weighted by atomic mass is 16.5. The van der Waals surface area contributed by atoms with E-state index in [1.807, 2.05) is 13.8 Å². The van der Waals surface area contributed by atoms with Crippen LogP contribution in [0.1, 0.15) is 44.5 Å². The maximum Gasteiger partial charge on any atom is 0.251 e. The van der Waals surface area contributed by atoms with E-state index in [9.17, 15) is 4.79 Å². The van der Waals surface area contributed by atoms with Crippen molar-refractivity contribution < 1.29 is 9.53 Å². The lowest BCUT2D eigenvalue weighted by atomic mass is 10.1. The second kappa shape index (κ2) is 7.02. The maximum absolute atomic E-state index is 11.9. The third-order valence-electron chi connectivity index (χ3n) is 2.65. The van der Waals surface area contributed by atoms with Gasteiger partial charge in [0.25, 0.3) is 5.91 Å². The molecule has 0 saturated heterocycles. The van der Waals surface area contributed by atoms with Gasteiger partial charge >= 0.3 is 0 Å². The molecule has 1 amide bonds. The van der Waals surface area contributed by atoms with Crippen LogP contribution in [0.3, 0.4) is 0 Å². The molecule has 106 valence electrons. The number of hydrogen-bond acceptors (Lipinski definition) is 3. The Kier molecular flexibility index (Phi) is 5.67. The molecular weight excluding hydrogens is 240 g/mol. The fraction of sp³-hybridized carbons (Fsp3) is 0.533. The van der Waals surface area contributed by atoms with Crippen molar-refractivity contribution in [2.45, 2.75) is 40.2 Å². The van der Waals surface area contributed by atoms with Crippen LogP contribution in [0, 0.1) is 5.92 Å². The summed E-state index contributed by atoms with van der Waals surface area (Å²) >= 11 is 0. The minimum Gasteiger partial charge on any atom is -0.491 e. The fourth-order valence-electron chi connectivity index (χ4n) is 1.55. The summed E-state index contributed by atoms with van der Waals surface area (Å²) in [6.07, 6.45) is 0.960. The highest BCUT2D eigenvalue weighted by Gasteiger charge is 2.10. The minimum absolute atomic E-state index is 0.107. The summed E-state index contributed by atoms with van der Waals surface area (Å²) in [6.45, 7) is 8.74. The number of carbonyl (C=O) groups excluding carboxylic acids is 1. The molecule has 0 radical (unpaired) electrons. The summed E-state index contributed by atoms with van der Waals surface area (Å²) in [5, 5.41) is 2.84. The average Bonchev–Trinajstić information content (AvgIpc) is 2.30. The molecule has 1 aromatic carbocycles. The molecule has 0 spiro atoms. The SMILES string of the molecule is CC(C)CCOc1cc(C(=O)NC(C)C)ccc1N. The molecule has 0 aliphatic heterocycles. The summed E-state index contributed by atoms with van der Waals surface area (Å²) in [5.41, 5.74) is 6.98. The van der Waals surface area contributed by atoms with E-state index in [-0.39, 0.29) is 11.9 Å². The molecular formula is C15H24N2O2. The van der Waals surface area contributed by atoms with Gasteiger partial charge < -0.3 is 15.8 Å². The first-order valence-electron chi connectivity index (χ1n) is 6.73. The smallest absolute Gasteiger partial charge is 0.251 e. The van der Waals surface area contributed by atoms with Crippen LogP contribution in [0.2, 0.25) is 0 Å². The van der Waals surface area contributed by atoms with Crippen LogP contribution < -0.4 is 15.8 Å². The van der Waals surface area contributed by atoms with E-state index in [4.69, 9.17) is 10.5 Å². The lowest BCUT2D eigenvalue weighted by molar-refractivity contribution is 0.0942.